The van der Waals surface area contributed by atoms with Crippen LogP contribution in [0.4, 0.5) is 5.69 Å². The number of hydrogen-bond donors (Lipinski definition) is 1. The second kappa shape index (κ2) is 8.28. The SMILES string of the molecule is N#C/C(=C/c1cn(Cc2ccccc2)c2ccccc12)C(=O)Nc1ccccc1. The maximum absolute atomic E-state index is 12.6. The topological polar surface area (TPSA) is 57.8 Å². The van der Waals surface area contributed by atoms with E-state index in [-0.39, 0.29) is 5.57 Å². The zero-order chi connectivity index (χ0) is 20.1. The van der Waals surface area contributed by atoms with E-state index in [2.05, 4.69) is 22.0 Å². The van der Waals surface area contributed by atoms with Gasteiger partial charge in [0, 0.05) is 34.9 Å². The zero-order valence-electron chi connectivity index (χ0n) is 15.7. The van der Waals surface area contributed by atoms with E-state index >= 15 is 0 Å². The molecule has 0 atom stereocenters. The molecule has 0 bridgehead atoms. The summed E-state index contributed by atoms with van der Waals surface area (Å²) in [5.74, 6) is -0.418. The summed E-state index contributed by atoms with van der Waals surface area (Å²) in [4.78, 5) is 12.6. The highest BCUT2D eigenvalue weighted by molar-refractivity contribution is 6.10. The summed E-state index contributed by atoms with van der Waals surface area (Å²) in [5, 5.41) is 13.3. The number of nitriles is 1. The van der Waals surface area contributed by atoms with Crippen LogP contribution in [0.1, 0.15) is 11.1 Å². The molecular weight excluding hydrogens is 358 g/mol. The number of amides is 1. The van der Waals surface area contributed by atoms with Crippen molar-refractivity contribution in [1.29, 1.82) is 5.26 Å². The number of nitrogens with one attached hydrogen (secondary N) is 1. The Bertz CT molecular complexity index is 1220. The first kappa shape index (κ1) is 18.3. The summed E-state index contributed by atoms with van der Waals surface area (Å²) >= 11 is 0. The first-order valence-electron chi connectivity index (χ1n) is 9.34. The highest BCUT2D eigenvalue weighted by Crippen LogP contribution is 2.25. The number of hydrogen-bond acceptors (Lipinski definition) is 2. The Kier molecular flexibility index (Phi) is 5.22. The standard InChI is InChI=1S/C25H19N3O/c26-16-20(25(29)27-22-11-5-2-6-12-22)15-21-18-28(17-19-9-3-1-4-10-19)24-14-8-7-13-23(21)24/h1-15,18H,17H2,(H,27,29)/b20-15-. The second-order valence-electron chi connectivity index (χ2n) is 6.71. The van der Waals surface area contributed by atoms with E-state index in [4.69, 9.17) is 0 Å². The summed E-state index contributed by atoms with van der Waals surface area (Å²) in [6.45, 7) is 0.716. The fraction of sp³-hybridized carbons (Fsp3) is 0.0400. The number of fused-ring (bicyclic) bond motifs is 1. The molecule has 1 amide bonds. The lowest BCUT2D eigenvalue weighted by molar-refractivity contribution is -0.112. The summed E-state index contributed by atoms with van der Waals surface area (Å²) in [7, 11) is 0. The van der Waals surface area contributed by atoms with E-state index in [0.29, 0.717) is 12.2 Å². The predicted molar refractivity (Wildman–Crippen MR) is 116 cm³/mol. The van der Waals surface area contributed by atoms with E-state index in [1.54, 1.807) is 18.2 Å². The summed E-state index contributed by atoms with van der Waals surface area (Å²) in [5.41, 5.74) is 3.81. The van der Waals surface area contributed by atoms with Crippen LogP contribution < -0.4 is 5.32 Å². The lowest BCUT2D eigenvalue weighted by Crippen LogP contribution is -2.13. The van der Waals surface area contributed by atoms with Crippen molar-refractivity contribution in [1.82, 2.24) is 4.57 Å². The van der Waals surface area contributed by atoms with E-state index in [1.807, 2.05) is 72.9 Å². The van der Waals surface area contributed by atoms with Gasteiger partial charge in [0.25, 0.3) is 5.91 Å². The van der Waals surface area contributed by atoms with Crippen LogP contribution in [0.2, 0.25) is 0 Å². The summed E-state index contributed by atoms with van der Waals surface area (Å²) < 4.78 is 2.14. The molecule has 29 heavy (non-hydrogen) atoms. The van der Waals surface area contributed by atoms with Crippen LogP contribution in [0.15, 0.2) is 96.7 Å². The fourth-order valence-electron chi connectivity index (χ4n) is 3.33. The number of anilines is 1. The largest absolute Gasteiger partial charge is 0.342 e. The average Bonchev–Trinajstić information content (AvgIpc) is 3.10. The molecule has 0 saturated heterocycles. The van der Waals surface area contributed by atoms with Gasteiger partial charge in [-0.25, -0.2) is 0 Å². The van der Waals surface area contributed by atoms with Crippen molar-refractivity contribution < 1.29 is 4.79 Å². The minimum absolute atomic E-state index is 0.0662. The molecule has 140 valence electrons. The van der Waals surface area contributed by atoms with Crippen molar-refractivity contribution in [2.75, 3.05) is 5.32 Å². The molecule has 4 aromatic rings. The van der Waals surface area contributed by atoms with Gasteiger partial charge in [-0.05, 0) is 29.8 Å². The maximum atomic E-state index is 12.6. The van der Waals surface area contributed by atoms with Crippen LogP contribution in [-0.2, 0) is 11.3 Å². The molecule has 1 heterocycles. The smallest absolute Gasteiger partial charge is 0.266 e. The van der Waals surface area contributed by atoms with Crippen molar-refractivity contribution in [2.45, 2.75) is 6.54 Å². The number of para-hydroxylation sites is 2. The van der Waals surface area contributed by atoms with E-state index < -0.39 is 5.91 Å². The molecule has 0 aliphatic carbocycles. The van der Waals surface area contributed by atoms with Crippen LogP contribution in [0, 0.1) is 11.3 Å². The van der Waals surface area contributed by atoms with Crippen molar-refractivity contribution >= 4 is 28.6 Å². The van der Waals surface area contributed by atoms with Crippen LogP contribution in [-0.4, -0.2) is 10.5 Å². The molecule has 0 fully saturated rings. The molecule has 0 aliphatic rings. The number of nitrogens with zero attached hydrogens (tertiary/aromatic N) is 2. The molecule has 0 spiro atoms. The molecule has 4 rings (SSSR count). The van der Waals surface area contributed by atoms with Crippen LogP contribution in [0.3, 0.4) is 0 Å². The van der Waals surface area contributed by atoms with Crippen molar-refractivity contribution in [3.8, 4) is 6.07 Å². The van der Waals surface area contributed by atoms with E-state index in [9.17, 15) is 10.1 Å². The lowest BCUT2D eigenvalue weighted by atomic mass is 10.1. The van der Waals surface area contributed by atoms with Gasteiger partial charge in [-0.15, -0.1) is 0 Å². The molecule has 4 nitrogen and oxygen atoms in total. The lowest BCUT2D eigenvalue weighted by Gasteiger charge is -2.05. The van der Waals surface area contributed by atoms with Gasteiger partial charge in [-0.2, -0.15) is 5.26 Å². The monoisotopic (exact) mass is 377 g/mol. The van der Waals surface area contributed by atoms with Gasteiger partial charge in [-0.1, -0.05) is 66.7 Å². The quantitative estimate of drug-likeness (QED) is 0.382. The molecule has 4 heteroatoms. The molecule has 0 unspecified atom stereocenters. The maximum Gasteiger partial charge on any atom is 0.266 e. The van der Waals surface area contributed by atoms with E-state index in [1.165, 1.54) is 5.56 Å². The van der Waals surface area contributed by atoms with Gasteiger partial charge in [0.05, 0.1) is 0 Å². The van der Waals surface area contributed by atoms with Gasteiger partial charge in [0.15, 0.2) is 0 Å². The first-order chi connectivity index (χ1) is 14.2. The predicted octanol–water partition coefficient (Wildman–Crippen LogP) is 5.24. The number of aromatic nitrogens is 1. The minimum Gasteiger partial charge on any atom is -0.342 e. The minimum atomic E-state index is -0.418. The Balaban J connectivity index is 1.69. The zero-order valence-corrected chi connectivity index (χ0v) is 15.7. The molecule has 1 aromatic heterocycles. The van der Waals surface area contributed by atoms with Gasteiger partial charge >= 0.3 is 0 Å². The van der Waals surface area contributed by atoms with E-state index in [0.717, 1.165) is 16.5 Å². The Morgan fingerprint density at radius 2 is 1.59 bits per heavy atom. The molecule has 0 aliphatic heterocycles. The Hall–Kier alpha value is -4.10. The Morgan fingerprint density at radius 3 is 2.31 bits per heavy atom. The van der Waals surface area contributed by atoms with Crippen molar-refractivity contribution in [2.24, 2.45) is 0 Å². The third-order valence-corrected chi connectivity index (χ3v) is 4.71. The van der Waals surface area contributed by atoms with Gasteiger partial charge in [0.2, 0.25) is 0 Å². The average molecular weight is 377 g/mol. The third-order valence-electron chi connectivity index (χ3n) is 4.71. The highest BCUT2D eigenvalue weighted by atomic mass is 16.1. The second-order valence-corrected chi connectivity index (χ2v) is 6.71. The Labute approximate surface area is 169 Å². The molecule has 3 aromatic carbocycles. The number of rotatable bonds is 5. The first-order valence-corrected chi connectivity index (χ1v) is 9.34. The number of benzene rings is 3. The van der Waals surface area contributed by atoms with Crippen molar-refractivity contribution in [3.63, 3.8) is 0 Å². The van der Waals surface area contributed by atoms with Crippen molar-refractivity contribution in [3.05, 3.63) is 108 Å². The van der Waals surface area contributed by atoms with Crippen LogP contribution >= 0.6 is 0 Å². The summed E-state index contributed by atoms with van der Waals surface area (Å²) in [6.07, 6.45) is 3.65. The molecule has 1 N–H and O–H groups in total. The van der Waals surface area contributed by atoms with Crippen LogP contribution in [0.5, 0.6) is 0 Å². The molecule has 0 saturated carbocycles. The highest BCUT2D eigenvalue weighted by Gasteiger charge is 2.13. The Morgan fingerprint density at radius 1 is 0.931 bits per heavy atom. The van der Waals surface area contributed by atoms with Crippen LogP contribution in [0.25, 0.3) is 17.0 Å². The number of carbonyl (C=O) groups is 1. The van der Waals surface area contributed by atoms with Gasteiger partial charge in [-0.3, -0.25) is 4.79 Å². The molecule has 0 radical (unpaired) electrons. The third kappa shape index (κ3) is 4.10. The molecular formula is C25H19N3O. The fourth-order valence-corrected chi connectivity index (χ4v) is 3.33. The van der Waals surface area contributed by atoms with Gasteiger partial charge in [0.1, 0.15) is 11.6 Å². The summed E-state index contributed by atoms with van der Waals surface area (Å²) in [6, 6.07) is 29.4. The normalized spacial score (nSPS) is 11.2. The number of carbonyl (C=O) groups excluding carboxylic acids is 1. The van der Waals surface area contributed by atoms with Gasteiger partial charge < -0.3 is 9.88 Å².